The lowest BCUT2D eigenvalue weighted by atomic mass is 9.93. The van der Waals surface area contributed by atoms with E-state index in [2.05, 4.69) is 25.7 Å². The quantitative estimate of drug-likeness (QED) is 0.700. The highest BCUT2D eigenvalue weighted by Crippen LogP contribution is 2.38. The van der Waals surface area contributed by atoms with Crippen LogP contribution in [0.15, 0.2) is 61.2 Å². The molecule has 0 fully saturated rings. The number of carbonyl (C=O) groups is 1. The fourth-order valence-electron chi connectivity index (χ4n) is 3.37. The van der Waals surface area contributed by atoms with E-state index >= 15 is 0 Å². The minimum Gasteiger partial charge on any atom is -0.494 e. The van der Waals surface area contributed by atoms with Gasteiger partial charge >= 0.3 is 0 Å². The predicted octanol–water partition coefficient (Wildman–Crippen LogP) is 5.04. The van der Waals surface area contributed by atoms with E-state index in [1.54, 1.807) is 6.08 Å². The van der Waals surface area contributed by atoms with Crippen LogP contribution in [0.5, 0.6) is 5.75 Å². The molecule has 1 N–H and O–H groups in total. The van der Waals surface area contributed by atoms with Gasteiger partial charge in [0.25, 0.3) is 5.91 Å². The largest absolute Gasteiger partial charge is 0.494 e. The summed E-state index contributed by atoms with van der Waals surface area (Å²) in [5, 5.41) is 3.55. The van der Waals surface area contributed by atoms with Crippen molar-refractivity contribution in [3.8, 4) is 5.75 Å². The van der Waals surface area contributed by atoms with Crippen LogP contribution in [0.1, 0.15) is 43.1 Å². The lowest BCUT2D eigenvalue weighted by molar-refractivity contribution is 0.0572. The fourth-order valence-corrected chi connectivity index (χ4v) is 3.37. The van der Waals surface area contributed by atoms with Crippen molar-refractivity contribution in [1.82, 2.24) is 4.90 Å². The molecule has 4 heteroatoms. The summed E-state index contributed by atoms with van der Waals surface area (Å²) >= 11 is 0. The smallest absolute Gasteiger partial charge is 0.258 e. The van der Waals surface area contributed by atoms with Crippen LogP contribution in [0.4, 0.5) is 5.69 Å². The van der Waals surface area contributed by atoms with E-state index in [1.165, 1.54) is 0 Å². The number of nitrogens with one attached hydrogen (secondary N) is 1. The average Bonchev–Trinajstić information content (AvgIpc) is 2.65. The summed E-state index contributed by atoms with van der Waals surface area (Å²) in [6, 6.07) is 15.6. The summed E-state index contributed by atoms with van der Waals surface area (Å²) in [6.45, 7) is 11.4. The lowest BCUT2D eigenvalue weighted by Gasteiger charge is -2.46. The predicted molar refractivity (Wildman–Crippen MR) is 110 cm³/mol. The second-order valence-corrected chi connectivity index (χ2v) is 7.50. The maximum Gasteiger partial charge on any atom is 0.258 e. The van der Waals surface area contributed by atoms with E-state index in [0.29, 0.717) is 24.6 Å². The molecule has 1 heterocycles. The Bertz CT molecular complexity index is 813. The highest BCUT2D eigenvalue weighted by atomic mass is 16.5. The molecule has 3 rings (SSSR count). The molecular formula is C23H28N2O2. The zero-order valence-electron chi connectivity index (χ0n) is 16.4. The number of anilines is 1. The SMILES string of the molecule is C=CCN1C(=O)c2ccccc2NC1(C)c1ccc(OCCC(C)C)cc1. The Balaban J connectivity index is 1.88. The Morgan fingerprint density at radius 3 is 2.56 bits per heavy atom. The van der Waals surface area contributed by atoms with E-state index in [-0.39, 0.29) is 5.91 Å². The maximum absolute atomic E-state index is 13.1. The Morgan fingerprint density at radius 1 is 1.19 bits per heavy atom. The van der Waals surface area contributed by atoms with Crippen LogP contribution in [0.2, 0.25) is 0 Å². The number of hydrogen-bond donors (Lipinski definition) is 1. The minimum atomic E-state index is -0.657. The summed E-state index contributed by atoms with van der Waals surface area (Å²) in [6.07, 6.45) is 2.79. The molecule has 1 aliphatic heterocycles. The number of para-hydroxylation sites is 1. The van der Waals surface area contributed by atoms with E-state index in [4.69, 9.17) is 4.74 Å². The van der Waals surface area contributed by atoms with Crippen LogP contribution < -0.4 is 10.1 Å². The third-order valence-electron chi connectivity index (χ3n) is 5.01. The van der Waals surface area contributed by atoms with Crippen molar-refractivity contribution < 1.29 is 9.53 Å². The van der Waals surface area contributed by atoms with E-state index in [1.807, 2.05) is 60.4 Å². The number of fused-ring (bicyclic) bond motifs is 1. The first-order valence-electron chi connectivity index (χ1n) is 9.49. The summed E-state index contributed by atoms with van der Waals surface area (Å²) in [5.41, 5.74) is 1.88. The van der Waals surface area contributed by atoms with E-state index in [9.17, 15) is 4.79 Å². The highest BCUT2D eigenvalue weighted by Gasteiger charge is 2.41. The number of amides is 1. The first-order valence-corrected chi connectivity index (χ1v) is 9.49. The summed E-state index contributed by atoms with van der Waals surface area (Å²) in [7, 11) is 0. The molecule has 2 aromatic rings. The van der Waals surface area contributed by atoms with Crippen molar-refractivity contribution in [3.63, 3.8) is 0 Å². The Morgan fingerprint density at radius 2 is 1.89 bits per heavy atom. The lowest BCUT2D eigenvalue weighted by Crippen LogP contribution is -2.55. The molecule has 0 saturated heterocycles. The zero-order valence-corrected chi connectivity index (χ0v) is 16.4. The monoisotopic (exact) mass is 364 g/mol. The molecule has 0 aromatic heterocycles. The number of nitrogens with zero attached hydrogens (tertiary/aromatic N) is 1. The molecule has 0 aliphatic carbocycles. The number of rotatable bonds is 7. The van der Waals surface area contributed by atoms with Gasteiger partial charge in [-0.3, -0.25) is 4.79 Å². The maximum atomic E-state index is 13.1. The van der Waals surface area contributed by atoms with Gasteiger partial charge in [-0.15, -0.1) is 6.58 Å². The minimum absolute atomic E-state index is 0.00371. The Labute approximate surface area is 161 Å². The summed E-state index contributed by atoms with van der Waals surface area (Å²) in [4.78, 5) is 14.9. The van der Waals surface area contributed by atoms with Crippen molar-refractivity contribution in [1.29, 1.82) is 0 Å². The van der Waals surface area contributed by atoms with Gasteiger partial charge in [0.2, 0.25) is 0 Å². The molecule has 0 radical (unpaired) electrons. The summed E-state index contributed by atoms with van der Waals surface area (Å²) in [5.74, 6) is 1.47. The van der Waals surface area contributed by atoms with Gasteiger partial charge in [-0.2, -0.15) is 0 Å². The van der Waals surface area contributed by atoms with Gasteiger partial charge in [0.05, 0.1) is 12.2 Å². The van der Waals surface area contributed by atoms with Crippen LogP contribution in [-0.4, -0.2) is 24.0 Å². The second-order valence-electron chi connectivity index (χ2n) is 7.50. The third kappa shape index (κ3) is 3.85. The summed E-state index contributed by atoms with van der Waals surface area (Å²) < 4.78 is 5.83. The average molecular weight is 364 g/mol. The molecule has 1 atom stereocenters. The fraction of sp³-hybridized carbons (Fsp3) is 0.348. The van der Waals surface area contributed by atoms with Gasteiger partial charge in [0.15, 0.2) is 0 Å². The molecule has 0 spiro atoms. The van der Waals surface area contributed by atoms with E-state index < -0.39 is 5.66 Å². The van der Waals surface area contributed by atoms with Crippen molar-refractivity contribution in [3.05, 3.63) is 72.3 Å². The molecule has 0 saturated carbocycles. The topological polar surface area (TPSA) is 41.6 Å². The van der Waals surface area contributed by atoms with Gasteiger partial charge in [0.1, 0.15) is 11.4 Å². The second kappa shape index (κ2) is 7.87. The highest BCUT2D eigenvalue weighted by molar-refractivity contribution is 6.02. The van der Waals surface area contributed by atoms with Crippen molar-refractivity contribution in [2.45, 2.75) is 32.9 Å². The van der Waals surface area contributed by atoms with Crippen LogP contribution in [0.25, 0.3) is 0 Å². The van der Waals surface area contributed by atoms with Crippen molar-refractivity contribution in [2.24, 2.45) is 5.92 Å². The van der Waals surface area contributed by atoms with Crippen LogP contribution >= 0.6 is 0 Å². The molecule has 0 bridgehead atoms. The number of hydrogen-bond acceptors (Lipinski definition) is 3. The zero-order chi connectivity index (χ0) is 19.4. The Hall–Kier alpha value is -2.75. The normalized spacial score (nSPS) is 18.8. The first kappa shape index (κ1) is 19.0. The van der Waals surface area contributed by atoms with Crippen LogP contribution in [-0.2, 0) is 5.66 Å². The van der Waals surface area contributed by atoms with Crippen LogP contribution in [0.3, 0.4) is 0 Å². The Kier molecular flexibility index (Phi) is 5.54. The van der Waals surface area contributed by atoms with Gasteiger partial charge in [0, 0.05) is 12.2 Å². The van der Waals surface area contributed by atoms with Crippen LogP contribution in [0, 0.1) is 5.92 Å². The van der Waals surface area contributed by atoms with Gasteiger partial charge in [-0.05, 0) is 49.1 Å². The number of carbonyl (C=O) groups excluding carboxylic acids is 1. The molecule has 1 unspecified atom stereocenters. The molecular weight excluding hydrogens is 336 g/mol. The molecule has 27 heavy (non-hydrogen) atoms. The number of ether oxygens (including phenoxy) is 1. The molecule has 2 aromatic carbocycles. The van der Waals surface area contributed by atoms with E-state index in [0.717, 1.165) is 23.4 Å². The molecule has 142 valence electrons. The molecule has 1 aliphatic rings. The van der Waals surface area contributed by atoms with Gasteiger partial charge in [-0.1, -0.05) is 44.2 Å². The standard InChI is InChI=1S/C23H28N2O2/c1-5-15-25-22(26)20-8-6-7-9-21(20)24-23(25,4)18-10-12-19(13-11-18)27-16-14-17(2)3/h5-13,17,24H,1,14-16H2,2-4H3. The molecule has 4 nitrogen and oxygen atoms in total. The third-order valence-corrected chi connectivity index (χ3v) is 5.01. The first-order chi connectivity index (χ1) is 13.0. The molecule has 1 amide bonds. The van der Waals surface area contributed by atoms with Gasteiger partial charge < -0.3 is 15.0 Å². The van der Waals surface area contributed by atoms with Crippen molar-refractivity contribution >= 4 is 11.6 Å². The van der Waals surface area contributed by atoms with Crippen molar-refractivity contribution in [2.75, 3.05) is 18.5 Å². The van der Waals surface area contributed by atoms with Gasteiger partial charge in [-0.25, -0.2) is 0 Å². The number of benzene rings is 2.